The lowest BCUT2D eigenvalue weighted by atomic mass is 10.3. The molecule has 1 unspecified atom stereocenters. The Morgan fingerprint density at radius 1 is 1.40 bits per heavy atom. The number of benzene rings is 1. The summed E-state index contributed by atoms with van der Waals surface area (Å²) in [5.74, 6) is 0.621. The van der Waals surface area contributed by atoms with E-state index in [1.54, 1.807) is 11.8 Å². The second-order valence-corrected chi connectivity index (χ2v) is 4.36. The van der Waals surface area contributed by atoms with Crippen LogP contribution in [0.5, 0.6) is 0 Å². The zero-order valence-electron chi connectivity index (χ0n) is 9.10. The van der Waals surface area contributed by atoms with Gasteiger partial charge in [-0.25, -0.2) is 0 Å². The Bertz CT molecular complexity index is 298. The molecule has 0 aliphatic heterocycles. The molecule has 1 rings (SSSR count). The van der Waals surface area contributed by atoms with Crippen LogP contribution in [0.15, 0.2) is 35.2 Å². The van der Waals surface area contributed by atoms with E-state index in [1.165, 1.54) is 11.8 Å². The van der Waals surface area contributed by atoms with Gasteiger partial charge in [0.1, 0.15) is 6.10 Å². The molecule has 0 saturated carbocycles. The maximum atomic E-state index is 10.8. The van der Waals surface area contributed by atoms with Crippen LogP contribution in [-0.4, -0.2) is 17.8 Å². The van der Waals surface area contributed by atoms with E-state index < -0.39 is 0 Å². The molecule has 0 aliphatic carbocycles. The number of thioether (sulfide) groups is 1. The van der Waals surface area contributed by atoms with Crippen molar-refractivity contribution in [1.29, 1.82) is 0 Å². The van der Waals surface area contributed by atoms with Gasteiger partial charge >= 0.3 is 5.97 Å². The van der Waals surface area contributed by atoms with Crippen LogP contribution in [0.1, 0.15) is 20.3 Å². The number of carbonyl (C=O) groups is 1. The Balaban J connectivity index is 2.37. The lowest BCUT2D eigenvalue weighted by molar-refractivity contribution is -0.145. The van der Waals surface area contributed by atoms with E-state index in [9.17, 15) is 4.79 Å². The Hall–Kier alpha value is -0.960. The fraction of sp³-hybridized carbons (Fsp3) is 0.417. The summed E-state index contributed by atoms with van der Waals surface area (Å²) in [5, 5.41) is 0. The Kier molecular flexibility index (Phi) is 5.26. The highest BCUT2D eigenvalue weighted by Gasteiger charge is 2.09. The van der Waals surface area contributed by atoms with Gasteiger partial charge in [-0.05, 0) is 18.6 Å². The van der Waals surface area contributed by atoms with Crippen molar-refractivity contribution in [2.45, 2.75) is 31.3 Å². The van der Waals surface area contributed by atoms with Gasteiger partial charge in [0.05, 0.1) is 0 Å². The first-order valence-electron chi connectivity index (χ1n) is 5.07. The Morgan fingerprint density at radius 3 is 2.60 bits per heavy atom. The van der Waals surface area contributed by atoms with E-state index in [-0.39, 0.29) is 12.1 Å². The van der Waals surface area contributed by atoms with Crippen LogP contribution >= 0.6 is 11.8 Å². The summed E-state index contributed by atoms with van der Waals surface area (Å²) in [6.45, 7) is 3.48. The molecule has 0 saturated heterocycles. The zero-order valence-corrected chi connectivity index (χ0v) is 9.92. The van der Waals surface area contributed by atoms with Crippen molar-refractivity contribution in [1.82, 2.24) is 0 Å². The predicted molar refractivity (Wildman–Crippen MR) is 63.0 cm³/mol. The van der Waals surface area contributed by atoms with Crippen LogP contribution in [0.25, 0.3) is 0 Å². The first kappa shape index (κ1) is 12.1. The number of esters is 1. The van der Waals surface area contributed by atoms with Crippen molar-refractivity contribution in [2.75, 3.05) is 5.75 Å². The van der Waals surface area contributed by atoms with Gasteiger partial charge in [-0.2, -0.15) is 0 Å². The van der Waals surface area contributed by atoms with Gasteiger partial charge < -0.3 is 4.74 Å². The molecule has 0 bridgehead atoms. The summed E-state index contributed by atoms with van der Waals surface area (Å²) in [6.07, 6.45) is 0.882. The smallest absolute Gasteiger partial charge is 0.302 e. The number of rotatable bonds is 5. The van der Waals surface area contributed by atoms with Gasteiger partial charge in [0.25, 0.3) is 0 Å². The Labute approximate surface area is 95.0 Å². The van der Waals surface area contributed by atoms with Crippen LogP contribution in [0.4, 0.5) is 0 Å². The third-order valence-corrected chi connectivity index (χ3v) is 3.11. The van der Waals surface area contributed by atoms with E-state index in [0.29, 0.717) is 0 Å². The van der Waals surface area contributed by atoms with Crippen molar-refractivity contribution in [2.24, 2.45) is 0 Å². The van der Waals surface area contributed by atoms with E-state index >= 15 is 0 Å². The maximum absolute atomic E-state index is 10.8. The van der Waals surface area contributed by atoms with Gasteiger partial charge in [0, 0.05) is 17.6 Å². The molecule has 15 heavy (non-hydrogen) atoms. The molecule has 0 radical (unpaired) electrons. The standard InChI is InChI=1S/C12H16O2S/c1-3-11(14-10(2)13)9-15-12-7-5-4-6-8-12/h4-8,11H,3,9H2,1-2H3. The van der Waals surface area contributed by atoms with E-state index in [1.807, 2.05) is 25.1 Å². The minimum atomic E-state index is -0.199. The number of hydrogen-bond donors (Lipinski definition) is 0. The summed E-state index contributed by atoms with van der Waals surface area (Å²) in [5.41, 5.74) is 0. The van der Waals surface area contributed by atoms with Gasteiger partial charge in [-0.15, -0.1) is 11.8 Å². The van der Waals surface area contributed by atoms with Crippen LogP contribution in [0.3, 0.4) is 0 Å². The molecule has 0 aromatic heterocycles. The number of hydrogen-bond acceptors (Lipinski definition) is 3. The molecule has 3 heteroatoms. The summed E-state index contributed by atoms with van der Waals surface area (Å²) in [6, 6.07) is 10.1. The second-order valence-electron chi connectivity index (χ2n) is 3.26. The molecule has 82 valence electrons. The highest BCUT2D eigenvalue weighted by molar-refractivity contribution is 7.99. The molecule has 0 amide bonds. The molecule has 0 aliphatic rings. The molecule has 1 aromatic carbocycles. The van der Waals surface area contributed by atoms with Crippen molar-refractivity contribution in [3.05, 3.63) is 30.3 Å². The van der Waals surface area contributed by atoms with Crippen LogP contribution in [-0.2, 0) is 9.53 Å². The first-order chi connectivity index (χ1) is 7.22. The van der Waals surface area contributed by atoms with Crippen molar-refractivity contribution in [3.8, 4) is 0 Å². The fourth-order valence-corrected chi connectivity index (χ4v) is 2.21. The molecule has 1 atom stereocenters. The van der Waals surface area contributed by atoms with E-state index in [4.69, 9.17) is 4.74 Å². The summed E-state index contributed by atoms with van der Waals surface area (Å²) < 4.78 is 5.16. The minimum Gasteiger partial charge on any atom is -0.462 e. The first-order valence-corrected chi connectivity index (χ1v) is 6.06. The quantitative estimate of drug-likeness (QED) is 0.568. The summed E-state index contributed by atoms with van der Waals surface area (Å²) in [4.78, 5) is 12.0. The summed E-state index contributed by atoms with van der Waals surface area (Å²) in [7, 11) is 0. The normalized spacial score (nSPS) is 12.1. The van der Waals surface area contributed by atoms with Crippen molar-refractivity contribution in [3.63, 3.8) is 0 Å². The molecule has 0 N–H and O–H groups in total. The van der Waals surface area contributed by atoms with Gasteiger partial charge in [0.2, 0.25) is 0 Å². The van der Waals surface area contributed by atoms with Gasteiger partial charge in [-0.3, -0.25) is 4.79 Å². The summed E-state index contributed by atoms with van der Waals surface area (Å²) >= 11 is 1.72. The molecule has 0 spiro atoms. The average Bonchev–Trinajstić information content (AvgIpc) is 2.25. The van der Waals surface area contributed by atoms with Crippen LogP contribution in [0, 0.1) is 0 Å². The van der Waals surface area contributed by atoms with E-state index in [0.717, 1.165) is 12.2 Å². The predicted octanol–water partition coefficient (Wildman–Crippen LogP) is 3.12. The van der Waals surface area contributed by atoms with Gasteiger partial charge in [0.15, 0.2) is 0 Å². The third kappa shape index (κ3) is 4.88. The highest BCUT2D eigenvalue weighted by atomic mass is 32.2. The lowest BCUT2D eigenvalue weighted by Crippen LogP contribution is -2.17. The van der Waals surface area contributed by atoms with Crippen LogP contribution in [0.2, 0.25) is 0 Å². The van der Waals surface area contributed by atoms with Gasteiger partial charge in [-0.1, -0.05) is 25.1 Å². The molecular formula is C12H16O2S. The fourth-order valence-electron chi connectivity index (χ4n) is 1.18. The Morgan fingerprint density at radius 2 is 2.07 bits per heavy atom. The highest BCUT2D eigenvalue weighted by Crippen LogP contribution is 2.19. The zero-order chi connectivity index (χ0) is 11.1. The molecular weight excluding hydrogens is 208 g/mol. The monoisotopic (exact) mass is 224 g/mol. The maximum Gasteiger partial charge on any atom is 0.302 e. The third-order valence-electron chi connectivity index (χ3n) is 1.97. The number of carbonyl (C=O) groups excluding carboxylic acids is 1. The molecule has 0 heterocycles. The van der Waals surface area contributed by atoms with Crippen LogP contribution < -0.4 is 0 Å². The second kappa shape index (κ2) is 6.51. The lowest BCUT2D eigenvalue weighted by Gasteiger charge is -2.14. The molecule has 0 fully saturated rings. The SMILES string of the molecule is CCC(CSc1ccccc1)OC(C)=O. The minimum absolute atomic E-state index is 0.0210. The topological polar surface area (TPSA) is 26.3 Å². The largest absolute Gasteiger partial charge is 0.462 e. The number of ether oxygens (including phenoxy) is 1. The van der Waals surface area contributed by atoms with E-state index in [2.05, 4.69) is 12.1 Å². The van der Waals surface area contributed by atoms with Crippen molar-refractivity contribution >= 4 is 17.7 Å². The molecule has 2 nitrogen and oxygen atoms in total. The average molecular weight is 224 g/mol. The molecule has 1 aromatic rings. The van der Waals surface area contributed by atoms with Crippen molar-refractivity contribution < 1.29 is 9.53 Å².